The first kappa shape index (κ1) is 19.3. The van der Waals surface area contributed by atoms with Gasteiger partial charge < -0.3 is 4.18 Å². The number of nitrogens with zero attached hydrogens (tertiary/aromatic N) is 1. The molecule has 0 saturated carbocycles. The normalized spacial score (nSPS) is 11.3. The van der Waals surface area contributed by atoms with Gasteiger partial charge in [-0.3, -0.25) is 4.79 Å². The van der Waals surface area contributed by atoms with Gasteiger partial charge in [-0.1, -0.05) is 35.9 Å². The van der Waals surface area contributed by atoms with Crippen molar-refractivity contribution in [1.29, 1.82) is 0 Å². The summed E-state index contributed by atoms with van der Waals surface area (Å²) in [6.07, 6.45) is 1.46. The minimum Gasteiger partial charge on any atom is -0.379 e. The number of hydrogen-bond acceptors (Lipinski definition) is 5. The highest BCUT2D eigenvalue weighted by molar-refractivity contribution is 7.87. The zero-order valence-electron chi connectivity index (χ0n) is 15.1. The second-order valence-corrected chi connectivity index (χ2v) is 7.53. The Kier molecular flexibility index (Phi) is 5.86. The maximum atomic E-state index is 12.2. The Labute approximate surface area is 163 Å². The number of amides is 1. The lowest BCUT2D eigenvalue weighted by molar-refractivity contribution is 0.0955. The summed E-state index contributed by atoms with van der Waals surface area (Å²) in [5, 5.41) is 3.92. The summed E-state index contributed by atoms with van der Waals surface area (Å²) in [5.41, 5.74) is 4.63. The van der Waals surface area contributed by atoms with E-state index in [1.807, 2.05) is 13.0 Å². The molecule has 0 aliphatic rings. The molecule has 0 unspecified atom stereocenters. The summed E-state index contributed by atoms with van der Waals surface area (Å²) in [6.45, 7) is 1.90. The summed E-state index contributed by atoms with van der Waals surface area (Å²) in [7, 11) is -3.88. The summed E-state index contributed by atoms with van der Waals surface area (Å²) < 4.78 is 29.5. The molecule has 0 aromatic heterocycles. The van der Waals surface area contributed by atoms with Gasteiger partial charge in [0, 0.05) is 5.56 Å². The van der Waals surface area contributed by atoms with Crippen molar-refractivity contribution in [2.75, 3.05) is 0 Å². The van der Waals surface area contributed by atoms with E-state index >= 15 is 0 Å². The van der Waals surface area contributed by atoms with Gasteiger partial charge in [0.05, 0.1) is 6.21 Å². The van der Waals surface area contributed by atoms with E-state index in [4.69, 9.17) is 4.18 Å². The number of benzene rings is 3. The Morgan fingerprint density at radius 2 is 1.68 bits per heavy atom. The molecular formula is C21H18N2O4S. The lowest BCUT2D eigenvalue weighted by Gasteiger charge is -2.07. The predicted molar refractivity (Wildman–Crippen MR) is 107 cm³/mol. The largest absolute Gasteiger partial charge is 0.379 e. The van der Waals surface area contributed by atoms with E-state index in [9.17, 15) is 13.2 Å². The van der Waals surface area contributed by atoms with Gasteiger partial charge in [0.1, 0.15) is 10.6 Å². The first-order valence-corrected chi connectivity index (χ1v) is 9.84. The fraction of sp³-hybridized carbons (Fsp3) is 0.0476. The molecule has 7 heteroatoms. The topological polar surface area (TPSA) is 84.8 Å². The maximum absolute atomic E-state index is 12.2. The van der Waals surface area contributed by atoms with Gasteiger partial charge in [0.15, 0.2) is 0 Å². The fourth-order valence-electron chi connectivity index (χ4n) is 2.39. The molecule has 6 nitrogen and oxygen atoms in total. The summed E-state index contributed by atoms with van der Waals surface area (Å²) in [4.78, 5) is 12.1. The van der Waals surface area contributed by atoms with Crippen molar-refractivity contribution in [3.63, 3.8) is 0 Å². The first-order valence-electron chi connectivity index (χ1n) is 8.44. The van der Waals surface area contributed by atoms with Gasteiger partial charge in [0.25, 0.3) is 5.91 Å². The third-order valence-electron chi connectivity index (χ3n) is 3.78. The lowest BCUT2D eigenvalue weighted by Crippen LogP contribution is -2.17. The third-order valence-corrected chi connectivity index (χ3v) is 5.04. The van der Waals surface area contributed by atoms with Crippen LogP contribution in [0.15, 0.2) is 88.9 Å². The van der Waals surface area contributed by atoms with Crippen LogP contribution in [0.2, 0.25) is 0 Å². The maximum Gasteiger partial charge on any atom is 0.339 e. The second-order valence-electron chi connectivity index (χ2n) is 5.99. The van der Waals surface area contributed by atoms with Crippen LogP contribution < -0.4 is 9.61 Å². The van der Waals surface area contributed by atoms with Crippen molar-refractivity contribution in [1.82, 2.24) is 5.43 Å². The number of rotatable bonds is 6. The highest BCUT2D eigenvalue weighted by Crippen LogP contribution is 2.18. The summed E-state index contributed by atoms with van der Waals surface area (Å²) >= 11 is 0. The zero-order valence-corrected chi connectivity index (χ0v) is 15.9. The van der Waals surface area contributed by atoms with Crippen LogP contribution in [0.5, 0.6) is 5.75 Å². The molecule has 0 aliphatic heterocycles. The zero-order chi connectivity index (χ0) is 20.0. The molecule has 1 N–H and O–H groups in total. The molecule has 0 fully saturated rings. The Morgan fingerprint density at radius 3 is 2.36 bits per heavy atom. The van der Waals surface area contributed by atoms with Gasteiger partial charge in [-0.05, 0) is 61.0 Å². The van der Waals surface area contributed by atoms with Crippen molar-refractivity contribution in [3.8, 4) is 5.75 Å². The molecular weight excluding hydrogens is 376 g/mol. The van der Waals surface area contributed by atoms with E-state index in [2.05, 4.69) is 10.5 Å². The van der Waals surface area contributed by atoms with Crippen LogP contribution in [0.4, 0.5) is 0 Å². The predicted octanol–water partition coefficient (Wildman–Crippen LogP) is 3.53. The molecule has 1 amide bonds. The smallest absolute Gasteiger partial charge is 0.339 e. The standard InChI is InChI=1S/C21H18N2O4S/c1-16-6-5-7-18(14-16)21(24)23-22-15-17-10-12-19(13-11-17)27-28(25,26)20-8-3-2-4-9-20/h2-15H,1H3,(H,23,24). The van der Waals surface area contributed by atoms with Gasteiger partial charge in [-0.2, -0.15) is 13.5 Å². The van der Waals surface area contributed by atoms with Crippen molar-refractivity contribution >= 4 is 22.2 Å². The average Bonchev–Trinajstić information content (AvgIpc) is 2.70. The van der Waals surface area contributed by atoms with Gasteiger partial charge >= 0.3 is 10.1 Å². The van der Waals surface area contributed by atoms with Crippen LogP contribution in [-0.4, -0.2) is 20.5 Å². The Hall–Kier alpha value is -3.45. The molecule has 0 bridgehead atoms. The summed E-state index contributed by atoms with van der Waals surface area (Å²) in [5.74, 6) is -0.126. The van der Waals surface area contributed by atoms with Gasteiger partial charge in [-0.15, -0.1) is 0 Å². The average molecular weight is 394 g/mol. The molecule has 0 heterocycles. The minimum absolute atomic E-state index is 0.0829. The van der Waals surface area contributed by atoms with Crippen LogP contribution in [0, 0.1) is 6.92 Å². The number of carbonyl (C=O) groups excluding carboxylic acids is 1. The van der Waals surface area contributed by atoms with Crippen LogP contribution in [0.1, 0.15) is 21.5 Å². The third kappa shape index (κ3) is 5.05. The van der Waals surface area contributed by atoms with Gasteiger partial charge in [-0.25, -0.2) is 5.43 Å². The Morgan fingerprint density at radius 1 is 0.964 bits per heavy atom. The van der Waals surface area contributed by atoms with E-state index < -0.39 is 10.1 Å². The summed E-state index contributed by atoms with van der Waals surface area (Å²) in [6, 6.07) is 21.4. The molecule has 3 rings (SSSR count). The monoisotopic (exact) mass is 394 g/mol. The Bertz CT molecular complexity index is 1090. The van der Waals surface area contributed by atoms with E-state index in [0.29, 0.717) is 11.1 Å². The van der Waals surface area contributed by atoms with Crippen molar-refractivity contribution in [2.45, 2.75) is 11.8 Å². The van der Waals surface area contributed by atoms with E-state index in [-0.39, 0.29) is 16.6 Å². The van der Waals surface area contributed by atoms with Crippen molar-refractivity contribution in [3.05, 3.63) is 95.6 Å². The van der Waals surface area contributed by atoms with Crippen LogP contribution in [-0.2, 0) is 10.1 Å². The molecule has 0 spiro atoms. The van der Waals surface area contributed by atoms with Gasteiger partial charge in [0.2, 0.25) is 0 Å². The van der Waals surface area contributed by atoms with Crippen LogP contribution >= 0.6 is 0 Å². The number of aryl methyl sites for hydroxylation is 1. The van der Waals surface area contributed by atoms with E-state index in [1.165, 1.54) is 30.5 Å². The number of hydrazone groups is 1. The Balaban J connectivity index is 1.61. The number of carbonyl (C=O) groups is 1. The molecule has 3 aromatic rings. The van der Waals surface area contributed by atoms with Crippen LogP contribution in [0.3, 0.4) is 0 Å². The lowest BCUT2D eigenvalue weighted by atomic mass is 10.1. The molecule has 0 saturated heterocycles. The minimum atomic E-state index is -3.88. The van der Waals surface area contributed by atoms with Crippen molar-refractivity contribution < 1.29 is 17.4 Å². The van der Waals surface area contributed by atoms with Crippen LogP contribution in [0.25, 0.3) is 0 Å². The molecule has 0 atom stereocenters. The molecule has 28 heavy (non-hydrogen) atoms. The second kappa shape index (κ2) is 8.49. The highest BCUT2D eigenvalue weighted by Gasteiger charge is 2.15. The first-order chi connectivity index (χ1) is 13.4. The quantitative estimate of drug-likeness (QED) is 0.394. The number of hydrogen-bond donors (Lipinski definition) is 1. The SMILES string of the molecule is Cc1cccc(C(=O)NN=Cc2ccc(OS(=O)(=O)c3ccccc3)cc2)c1. The molecule has 0 radical (unpaired) electrons. The molecule has 3 aromatic carbocycles. The highest BCUT2D eigenvalue weighted by atomic mass is 32.2. The van der Waals surface area contributed by atoms with Crippen molar-refractivity contribution in [2.24, 2.45) is 5.10 Å². The molecule has 0 aliphatic carbocycles. The molecule has 142 valence electrons. The van der Waals surface area contributed by atoms with E-state index in [0.717, 1.165) is 5.56 Å². The van der Waals surface area contributed by atoms with E-state index in [1.54, 1.807) is 48.5 Å². The number of nitrogens with one attached hydrogen (secondary N) is 1. The fourth-order valence-corrected chi connectivity index (χ4v) is 3.34.